The van der Waals surface area contributed by atoms with Gasteiger partial charge in [-0.3, -0.25) is 14.3 Å². The Balaban J connectivity index is 2.14. The highest BCUT2D eigenvalue weighted by atomic mass is 32.2. The van der Waals surface area contributed by atoms with Crippen LogP contribution in [-0.4, -0.2) is 38.8 Å². The van der Waals surface area contributed by atoms with E-state index in [0.717, 1.165) is 12.1 Å². The molecule has 1 aliphatic heterocycles. The van der Waals surface area contributed by atoms with Crippen LogP contribution in [0.2, 0.25) is 0 Å². The first kappa shape index (κ1) is 14.2. The minimum atomic E-state index is -4.33. The molecule has 0 unspecified atom stereocenters. The lowest BCUT2D eigenvalue weighted by molar-refractivity contribution is -0.387. The van der Waals surface area contributed by atoms with Gasteiger partial charge in [0.15, 0.2) is 11.0 Å². The van der Waals surface area contributed by atoms with Crippen LogP contribution in [0.5, 0.6) is 0 Å². The maximum Gasteiger partial charge on any atom is 0.508 e. The van der Waals surface area contributed by atoms with Gasteiger partial charge in [-0.2, -0.15) is 8.42 Å². The summed E-state index contributed by atoms with van der Waals surface area (Å²) in [4.78, 5) is 20.0. The van der Waals surface area contributed by atoms with Gasteiger partial charge in [0.2, 0.25) is 0 Å². The molecule has 1 aliphatic rings. The second kappa shape index (κ2) is 5.43. The predicted octanol–water partition coefficient (Wildman–Crippen LogP) is 0.836. The third kappa shape index (κ3) is 3.03. The van der Waals surface area contributed by atoms with Crippen LogP contribution in [0.25, 0.3) is 0 Å². The molecule has 10 heteroatoms. The highest BCUT2D eigenvalue weighted by molar-refractivity contribution is 7.87. The molecule has 108 valence electrons. The number of carbonyl (C=O) groups excluding carboxylic acids is 1. The zero-order valence-electron chi connectivity index (χ0n) is 9.92. The van der Waals surface area contributed by atoms with Crippen LogP contribution in [-0.2, 0) is 23.8 Å². The molecule has 0 amide bonds. The first-order valence-corrected chi connectivity index (χ1v) is 6.77. The number of para-hydroxylation sites is 1. The molecule has 1 saturated heterocycles. The lowest BCUT2D eigenvalue weighted by Crippen LogP contribution is -2.21. The average molecular weight is 303 g/mol. The van der Waals surface area contributed by atoms with Crippen molar-refractivity contribution in [2.45, 2.75) is 11.0 Å². The first-order valence-electron chi connectivity index (χ1n) is 5.36. The normalized spacial score (nSPS) is 18.4. The summed E-state index contributed by atoms with van der Waals surface area (Å²) < 4.78 is 37.5. The van der Waals surface area contributed by atoms with Crippen molar-refractivity contribution in [2.75, 3.05) is 13.2 Å². The fourth-order valence-corrected chi connectivity index (χ4v) is 2.60. The topological polar surface area (TPSA) is 122 Å². The standard InChI is InChI=1S/C10H9NO8S/c12-10-17-5-7(19-10)6-18-20(15,16)9-4-2-1-3-8(9)11(13)14/h1-4,7H,5-6H2/t7-/m0/s1. The number of nitro benzene ring substituents is 1. The van der Waals surface area contributed by atoms with Crippen LogP contribution in [0.15, 0.2) is 29.2 Å². The van der Waals surface area contributed by atoms with Crippen molar-refractivity contribution >= 4 is 22.0 Å². The number of hydrogen-bond acceptors (Lipinski definition) is 8. The first-order chi connectivity index (χ1) is 9.40. The predicted molar refractivity (Wildman–Crippen MR) is 62.5 cm³/mol. The molecule has 1 aromatic carbocycles. The van der Waals surface area contributed by atoms with Crippen LogP contribution < -0.4 is 0 Å². The van der Waals surface area contributed by atoms with Crippen molar-refractivity contribution in [3.05, 3.63) is 34.4 Å². The minimum Gasteiger partial charge on any atom is -0.430 e. The number of nitro groups is 1. The second-order valence-electron chi connectivity index (χ2n) is 3.76. The smallest absolute Gasteiger partial charge is 0.430 e. The van der Waals surface area contributed by atoms with Crippen molar-refractivity contribution < 1.29 is 31.8 Å². The largest absolute Gasteiger partial charge is 0.508 e. The van der Waals surface area contributed by atoms with E-state index in [1.807, 2.05) is 0 Å². The summed E-state index contributed by atoms with van der Waals surface area (Å²) in [6.45, 7) is -0.606. The number of hydrogen-bond donors (Lipinski definition) is 0. The van der Waals surface area contributed by atoms with Gasteiger partial charge in [0.1, 0.15) is 13.2 Å². The third-order valence-corrected chi connectivity index (χ3v) is 3.72. The Hall–Kier alpha value is -2.20. The van der Waals surface area contributed by atoms with Crippen LogP contribution in [0.3, 0.4) is 0 Å². The van der Waals surface area contributed by atoms with E-state index in [2.05, 4.69) is 13.7 Å². The molecule has 0 bridgehead atoms. The van der Waals surface area contributed by atoms with Crippen molar-refractivity contribution in [2.24, 2.45) is 0 Å². The van der Waals surface area contributed by atoms with Gasteiger partial charge in [0, 0.05) is 6.07 Å². The third-order valence-electron chi connectivity index (χ3n) is 2.39. The van der Waals surface area contributed by atoms with E-state index in [-0.39, 0.29) is 6.61 Å². The van der Waals surface area contributed by atoms with Crippen molar-refractivity contribution in [1.29, 1.82) is 0 Å². The summed E-state index contributed by atoms with van der Waals surface area (Å²) in [5.41, 5.74) is -0.591. The van der Waals surface area contributed by atoms with Crippen LogP contribution >= 0.6 is 0 Å². The summed E-state index contributed by atoms with van der Waals surface area (Å²) in [5.74, 6) is 0. The summed E-state index contributed by atoms with van der Waals surface area (Å²) >= 11 is 0. The minimum absolute atomic E-state index is 0.134. The van der Waals surface area contributed by atoms with E-state index in [1.54, 1.807) is 0 Å². The van der Waals surface area contributed by atoms with E-state index in [0.29, 0.717) is 0 Å². The molecular weight excluding hydrogens is 294 g/mol. The van der Waals surface area contributed by atoms with E-state index in [4.69, 9.17) is 0 Å². The maximum atomic E-state index is 11.9. The Morgan fingerprint density at radius 2 is 2.10 bits per heavy atom. The van der Waals surface area contributed by atoms with Gasteiger partial charge in [-0.25, -0.2) is 4.79 Å². The maximum absolute atomic E-state index is 11.9. The second-order valence-corrected chi connectivity index (χ2v) is 5.35. The van der Waals surface area contributed by atoms with Gasteiger partial charge >= 0.3 is 16.3 Å². The molecule has 1 heterocycles. The van der Waals surface area contributed by atoms with Crippen LogP contribution in [0, 0.1) is 10.1 Å². The summed E-state index contributed by atoms with van der Waals surface area (Å²) in [5, 5.41) is 10.8. The number of benzene rings is 1. The van der Waals surface area contributed by atoms with Gasteiger partial charge in [0.05, 0.1) is 4.92 Å². The molecule has 0 aromatic heterocycles. The van der Waals surface area contributed by atoms with Crippen molar-refractivity contribution in [1.82, 2.24) is 0 Å². The Morgan fingerprint density at radius 1 is 1.40 bits per heavy atom. The Bertz CT molecular complexity index is 640. The fraction of sp³-hybridized carbons (Fsp3) is 0.300. The average Bonchev–Trinajstić information content (AvgIpc) is 2.82. The molecule has 0 N–H and O–H groups in total. The number of cyclic esters (lactones) is 2. The highest BCUT2D eigenvalue weighted by Crippen LogP contribution is 2.25. The summed E-state index contributed by atoms with van der Waals surface area (Å²) in [7, 11) is -4.33. The summed E-state index contributed by atoms with van der Waals surface area (Å²) in [6, 6.07) is 4.78. The van der Waals surface area contributed by atoms with Gasteiger partial charge < -0.3 is 9.47 Å². The number of ether oxygens (including phenoxy) is 2. The molecule has 1 fully saturated rings. The fourth-order valence-electron chi connectivity index (χ4n) is 1.50. The zero-order valence-corrected chi connectivity index (χ0v) is 10.7. The molecule has 0 spiro atoms. The van der Waals surface area contributed by atoms with E-state index in [1.165, 1.54) is 12.1 Å². The molecule has 0 saturated carbocycles. The SMILES string of the molecule is O=C1OC[C@@H](COS(=O)(=O)c2ccccc2[N+](=O)[O-])O1. The molecular formula is C10H9NO8S. The molecule has 2 rings (SSSR count). The molecule has 0 aliphatic carbocycles. The zero-order chi connectivity index (χ0) is 14.8. The highest BCUT2D eigenvalue weighted by Gasteiger charge is 2.30. The number of carbonyl (C=O) groups is 1. The Labute approximate surface area is 113 Å². The van der Waals surface area contributed by atoms with Gasteiger partial charge in [0.25, 0.3) is 5.69 Å². The van der Waals surface area contributed by atoms with Crippen LogP contribution in [0.4, 0.5) is 10.5 Å². The molecule has 20 heavy (non-hydrogen) atoms. The Morgan fingerprint density at radius 3 is 2.70 bits per heavy atom. The van der Waals surface area contributed by atoms with Gasteiger partial charge in [-0.05, 0) is 6.07 Å². The molecule has 0 radical (unpaired) electrons. The van der Waals surface area contributed by atoms with Gasteiger partial charge in [-0.15, -0.1) is 0 Å². The Kier molecular flexibility index (Phi) is 3.86. The lowest BCUT2D eigenvalue weighted by Gasteiger charge is -2.08. The van der Waals surface area contributed by atoms with E-state index >= 15 is 0 Å². The van der Waals surface area contributed by atoms with Crippen molar-refractivity contribution in [3.63, 3.8) is 0 Å². The van der Waals surface area contributed by atoms with Crippen molar-refractivity contribution in [3.8, 4) is 0 Å². The van der Waals surface area contributed by atoms with E-state index in [9.17, 15) is 23.3 Å². The number of nitrogens with zero attached hydrogens (tertiary/aromatic N) is 1. The molecule has 1 aromatic rings. The van der Waals surface area contributed by atoms with Gasteiger partial charge in [-0.1, -0.05) is 12.1 Å². The summed E-state index contributed by atoms with van der Waals surface area (Å²) in [6.07, 6.45) is -1.78. The van der Waals surface area contributed by atoms with E-state index < -0.39 is 44.5 Å². The monoisotopic (exact) mass is 303 g/mol. The molecule has 1 atom stereocenters. The number of rotatable bonds is 5. The quantitative estimate of drug-likeness (QED) is 0.339. The lowest BCUT2D eigenvalue weighted by atomic mass is 10.3. The van der Waals surface area contributed by atoms with Crippen LogP contribution in [0.1, 0.15) is 0 Å². The molecule has 9 nitrogen and oxygen atoms in total.